The van der Waals surface area contributed by atoms with E-state index in [-0.39, 0.29) is 22.8 Å². The molecule has 0 bridgehead atoms. The summed E-state index contributed by atoms with van der Waals surface area (Å²) in [5.74, 6) is 0.405. The van der Waals surface area contributed by atoms with E-state index in [1.54, 1.807) is 6.07 Å². The van der Waals surface area contributed by atoms with Gasteiger partial charge in [-0.15, -0.1) is 0 Å². The third kappa shape index (κ3) is 2.89. The molecule has 0 atom stereocenters. The fraction of sp³-hybridized carbons (Fsp3) is 0.0556. The number of carbonyl (C=O) groups is 1. The number of nitro benzene ring substituents is 1. The van der Waals surface area contributed by atoms with Gasteiger partial charge in [-0.25, -0.2) is 0 Å². The number of hydrogen-bond acceptors (Lipinski definition) is 4. The number of ketones is 1. The van der Waals surface area contributed by atoms with E-state index in [0.717, 1.165) is 10.8 Å². The summed E-state index contributed by atoms with van der Waals surface area (Å²) in [4.78, 5) is 22.1. The lowest BCUT2D eigenvalue weighted by atomic mass is 10.1. The summed E-state index contributed by atoms with van der Waals surface area (Å²) >= 11 is 0. The van der Waals surface area contributed by atoms with Gasteiger partial charge in [0.1, 0.15) is 5.75 Å². The number of fused-ring (bicyclic) bond motifs is 1. The molecule has 0 fully saturated rings. The average molecular weight is 307 g/mol. The highest BCUT2D eigenvalue weighted by molar-refractivity contribution is 5.95. The Kier molecular flexibility index (Phi) is 3.76. The highest BCUT2D eigenvalue weighted by Crippen LogP contribution is 2.35. The van der Waals surface area contributed by atoms with Gasteiger partial charge in [0.25, 0.3) is 0 Å². The van der Waals surface area contributed by atoms with Crippen LogP contribution in [0.3, 0.4) is 0 Å². The zero-order valence-corrected chi connectivity index (χ0v) is 12.4. The Balaban J connectivity index is 2.08. The standard InChI is InChI=1S/C18H13NO4/c1-12(20)14-9-10-18(16(11-14)19(21)22)23-17-8-4-6-13-5-2-3-7-15(13)17/h2-11H,1H3. The Labute approximate surface area is 132 Å². The minimum absolute atomic E-state index is 0.108. The van der Waals surface area contributed by atoms with Crippen molar-refractivity contribution in [3.63, 3.8) is 0 Å². The van der Waals surface area contributed by atoms with Crippen molar-refractivity contribution >= 4 is 22.2 Å². The highest BCUT2D eigenvalue weighted by Gasteiger charge is 2.18. The maximum absolute atomic E-state index is 11.4. The van der Waals surface area contributed by atoms with E-state index in [0.29, 0.717) is 5.75 Å². The molecule has 3 rings (SSSR count). The summed E-state index contributed by atoms with van der Waals surface area (Å²) in [6, 6.07) is 17.4. The van der Waals surface area contributed by atoms with Gasteiger partial charge in [0, 0.05) is 17.0 Å². The highest BCUT2D eigenvalue weighted by atomic mass is 16.6. The zero-order valence-electron chi connectivity index (χ0n) is 12.4. The van der Waals surface area contributed by atoms with E-state index < -0.39 is 4.92 Å². The van der Waals surface area contributed by atoms with Gasteiger partial charge in [-0.2, -0.15) is 0 Å². The first-order chi connectivity index (χ1) is 11.1. The monoisotopic (exact) mass is 307 g/mol. The van der Waals surface area contributed by atoms with Crippen molar-refractivity contribution in [3.05, 3.63) is 76.3 Å². The van der Waals surface area contributed by atoms with Crippen molar-refractivity contribution in [2.45, 2.75) is 6.92 Å². The number of nitro groups is 1. The molecule has 5 nitrogen and oxygen atoms in total. The van der Waals surface area contributed by atoms with E-state index >= 15 is 0 Å². The third-order valence-electron chi connectivity index (χ3n) is 3.53. The van der Waals surface area contributed by atoms with E-state index in [4.69, 9.17) is 4.74 Å². The number of rotatable bonds is 4. The smallest absolute Gasteiger partial charge is 0.312 e. The van der Waals surface area contributed by atoms with Crippen LogP contribution in [-0.4, -0.2) is 10.7 Å². The van der Waals surface area contributed by atoms with Crippen LogP contribution in [0.2, 0.25) is 0 Å². The first kappa shape index (κ1) is 14.7. The van der Waals surface area contributed by atoms with Gasteiger partial charge in [0.15, 0.2) is 5.78 Å². The number of carbonyl (C=O) groups excluding carboxylic acids is 1. The van der Waals surface area contributed by atoms with Crippen LogP contribution in [0, 0.1) is 10.1 Å². The predicted molar refractivity (Wildman–Crippen MR) is 87.1 cm³/mol. The summed E-state index contributed by atoms with van der Waals surface area (Å²) in [5.41, 5.74) is 0.0487. The van der Waals surface area contributed by atoms with Gasteiger partial charge >= 0.3 is 5.69 Å². The Bertz CT molecular complexity index is 913. The summed E-state index contributed by atoms with van der Waals surface area (Å²) < 4.78 is 5.77. The van der Waals surface area contributed by atoms with Crippen molar-refractivity contribution in [1.82, 2.24) is 0 Å². The second kappa shape index (κ2) is 5.88. The predicted octanol–water partition coefficient (Wildman–Crippen LogP) is 4.74. The molecule has 5 heteroatoms. The van der Waals surface area contributed by atoms with Crippen molar-refractivity contribution in [1.29, 1.82) is 0 Å². The molecule has 0 saturated carbocycles. The average Bonchev–Trinajstić information content (AvgIpc) is 2.55. The molecule has 23 heavy (non-hydrogen) atoms. The molecule has 0 heterocycles. The first-order valence-electron chi connectivity index (χ1n) is 7.01. The molecular weight excluding hydrogens is 294 g/mol. The Hall–Kier alpha value is -3.21. The van der Waals surface area contributed by atoms with Crippen molar-refractivity contribution < 1.29 is 14.5 Å². The maximum atomic E-state index is 11.4. The second-order valence-corrected chi connectivity index (χ2v) is 5.08. The molecule has 0 aromatic heterocycles. The molecule has 114 valence electrons. The molecule has 3 aromatic carbocycles. The zero-order chi connectivity index (χ0) is 16.4. The Morgan fingerprint density at radius 2 is 1.74 bits per heavy atom. The van der Waals surface area contributed by atoms with Crippen LogP contribution in [0.5, 0.6) is 11.5 Å². The van der Waals surface area contributed by atoms with Crippen LogP contribution in [0.1, 0.15) is 17.3 Å². The summed E-state index contributed by atoms with van der Waals surface area (Å²) in [5, 5.41) is 13.1. The molecule has 0 unspecified atom stereocenters. The molecule has 3 aromatic rings. The minimum atomic E-state index is -0.549. The number of hydrogen-bond donors (Lipinski definition) is 0. The normalized spacial score (nSPS) is 10.5. The van der Waals surface area contributed by atoms with Gasteiger partial charge in [-0.05, 0) is 30.5 Å². The van der Waals surface area contributed by atoms with Gasteiger partial charge in [0.2, 0.25) is 5.75 Å². The molecule has 0 radical (unpaired) electrons. The van der Waals surface area contributed by atoms with Crippen molar-refractivity contribution in [3.8, 4) is 11.5 Å². The molecule has 0 aliphatic carbocycles. The fourth-order valence-electron chi connectivity index (χ4n) is 2.37. The number of nitrogens with zero attached hydrogens (tertiary/aromatic N) is 1. The SMILES string of the molecule is CC(=O)c1ccc(Oc2cccc3ccccc23)c([N+](=O)[O-])c1. The van der Waals surface area contributed by atoms with E-state index in [1.165, 1.54) is 25.1 Å². The molecule has 0 amide bonds. The van der Waals surface area contributed by atoms with Crippen LogP contribution in [0.4, 0.5) is 5.69 Å². The number of benzene rings is 3. The number of Topliss-reactive ketones (excluding diaryl/α,β-unsaturated/α-hetero) is 1. The minimum Gasteiger partial charge on any atom is -0.449 e. The molecule has 0 saturated heterocycles. The van der Waals surface area contributed by atoms with Crippen LogP contribution in [0.15, 0.2) is 60.7 Å². The quantitative estimate of drug-likeness (QED) is 0.396. The van der Waals surface area contributed by atoms with Crippen molar-refractivity contribution in [2.75, 3.05) is 0 Å². The molecule has 0 N–H and O–H groups in total. The Morgan fingerprint density at radius 1 is 1.00 bits per heavy atom. The van der Waals surface area contributed by atoms with E-state index in [9.17, 15) is 14.9 Å². The largest absolute Gasteiger partial charge is 0.449 e. The number of ether oxygens (including phenoxy) is 1. The van der Waals surface area contributed by atoms with Crippen LogP contribution >= 0.6 is 0 Å². The maximum Gasteiger partial charge on any atom is 0.312 e. The van der Waals surface area contributed by atoms with Gasteiger partial charge in [-0.3, -0.25) is 14.9 Å². The molecule has 0 spiro atoms. The lowest BCUT2D eigenvalue weighted by Gasteiger charge is -2.10. The van der Waals surface area contributed by atoms with Crippen molar-refractivity contribution in [2.24, 2.45) is 0 Å². The van der Waals surface area contributed by atoms with Crippen LogP contribution in [-0.2, 0) is 0 Å². The van der Waals surface area contributed by atoms with Crippen LogP contribution < -0.4 is 4.74 Å². The molecular formula is C18H13NO4. The van der Waals surface area contributed by atoms with Crippen LogP contribution in [0.25, 0.3) is 10.8 Å². The first-order valence-corrected chi connectivity index (χ1v) is 7.01. The molecule has 0 aliphatic rings. The lowest BCUT2D eigenvalue weighted by Crippen LogP contribution is -1.98. The molecule has 0 aliphatic heterocycles. The Morgan fingerprint density at radius 3 is 2.48 bits per heavy atom. The van der Waals surface area contributed by atoms with E-state index in [1.807, 2.05) is 36.4 Å². The van der Waals surface area contributed by atoms with Gasteiger partial charge in [0.05, 0.1) is 4.92 Å². The lowest BCUT2D eigenvalue weighted by molar-refractivity contribution is -0.385. The van der Waals surface area contributed by atoms with E-state index in [2.05, 4.69) is 0 Å². The summed E-state index contributed by atoms with van der Waals surface area (Å²) in [6.45, 7) is 1.37. The second-order valence-electron chi connectivity index (χ2n) is 5.08. The summed E-state index contributed by atoms with van der Waals surface area (Å²) in [7, 11) is 0. The van der Waals surface area contributed by atoms with Gasteiger partial charge < -0.3 is 4.74 Å². The fourth-order valence-corrected chi connectivity index (χ4v) is 2.37. The topological polar surface area (TPSA) is 69.4 Å². The third-order valence-corrected chi connectivity index (χ3v) is 3.53. The summed E-state index contributed by atoms with van der Waals surface area (Å²) in [6.07, 6.45) is 0. The van der Waals surface area contributed by atoms with Gasteiger partial charge in [-0.1, -0.05) is 36.4 Å².